The maximum Gasteiger partial charge on any atom is 0.326 e. The summed E-state index contributed by atoms with van der Waals surface area (Å²) in [5.74, 6) is 0.00925. The minimum atomic E-state index is -0.511. The third kappa shape index (κ3) is 2.94. The van der Waals surface area contributed by atoms with Gasteiger partial charge in [-0.15, -0.1) is 0 Å². The minimum absolute atomic E-state index is 0.152. The highest BCUT2D eigenvalue weighted by molar-refractivity contribution is 6.30. The number of nitrogens with zero attached hydrogens (tertiary/aromatic N) is 2. The first-order chi connectivity index (χ1) is 9.51. The molecule has 106 valence electrons. The Balaban J connectivity index is 2.09. The molecule has 0 fully saturated rings. The number of aromatic hydroxyl groups is 1. The molecular weight excluding hydrogens is 284 g/mol. The predicted octanol–water partition coefficient (Wildman–Crippen LogP) is 2.43. The minimum Gasteiger partial charge on any atom is -0.489 e. The Morgan fingerprint density at radius 1 is 1.45 bits per heavy atom. The van der Waals surface area contributed by atoms with Crippen molar-refractivity contribution in [3.8, 4) is 11.8 Å². The fraction of sp³-hybridized carbons (Fsp3) is 0.167. The number of urea groups is 1. The van der Waals surface area contributed by atoms with E-state index >= 15 is 0 Å². The lowest BCUT2D eigenvalue weighted by Crippen LogP contribution is -2.21. The number of anilines is 2. The summed E-state index contributed by atoms with van der Waals surface area (Å²) in [6.45, 7) is 0. The number of nitrogens with one attached hydrogen (secondary N) is 2. The summed E-state index contributed by atoms with van der Waals surface area (Å²) in [6.07, 6.45) is 0. The molecule has 0 atom stereocenters. The van der Waals surface area contributed by atoms with Gasteiger partial charge in [-0.3, -0.25) is 9.88 Å². The summed E-state index contributed by atoms with van der Waals surface area (Å²) >= 11 is 5.82. The first kappa shape index (κ1) is 14.0. The van der Waals surface area contributed by atoms with Crippen LogP contribution in [0.5, 0.6) is 11.8 Å². The Labute approximate surface area is 120 Å². The molecule has 1 aromatic heterocycles. The number of aromatic nitrogens is 2. The molecule has 0 aliphatic heterocycles. The average Bonchev–Trinajstić information content (AvgIpc) is 2.63. The molecule has 0 bridgehead atoms. The number of hydrogen-bond acceptors (Lipinski definition) is 4. The van der Waals surface area contributed by atoms with Gasteiger partial charge in [-0.05, 0) is 18.2 Å². The fourth-order valence-corrected chi connectivity index (χ4v) is 1.83. The van der Waals surface area contributed by atoms with E-state index in [-0.39, 0.29) is 17.7 Å². The highest BCUT2D eigenvalue weighted by Gasteiger charge is 2.16. The second kappa shape index (κ2) is 5.70. The largest absolute Gasteiger partial charge is 0.489 e. The fourth-order valence-electron chi connectivity index (χ4n) is 1.64. The normalized spacial score (nSPS) is 10.2. The van der Waals surface area contributed by atoms with Crippen LogP contribution in [0.3, 0.4) is 0 Å². The molecule has 0 spiro atoms. The van der Waals surface area contributed by atoms with E-state index in [0.717, 1.165) is 0 Å². The van der Waals surface area contributed by atoms with Crippen LogP contribution in [0.25, 0.3) is 0 Å². The van der Waals surface area contributed by atoms with Crippen molar-refractivity contribution in [1.82, 2.24) is 9.55 Å². The van der Waals surface area contributed by atoms with Crippen LogP contribution in [-0.4, -0.2) is 27.8 Å². The van der Waals surface area contributed by atoms with Gasteiger partial charge in [0.1, 0.15) is 0 Å². The van der Waals surface area contributed by atoms with Gasteiger partial charge in [-0.25, -0.2) is 4.79 Å². The van der Waals surface area contributed by atoms with Crippen LogP contribution < -0.4 is 15.4 Å². The van der Waals surface area contributed by atoms with Gasteiger partial charge in [0, 0.05) is 17.8 Å². The maximum absolute atomic E-state index is 11.8. The molecule has 0 saturated heterocycles. The molecule has 0 saturated carbocycles. The lowest BCUT2D eigenvalue weighted by molar-refractivity contribution is 0.262. The van der Waals surface area contributed by atoms with Gasteiger partial charge < -0.3 is 15.2 Å². The number of ether oxygens (including phenoxy) is 1. The monoisotopic (exact) mass is 296 g/mol. The predicted molar refractivity (Wildman–Crippen MR) is 75.5 cm³/mol. The molecule has 0 aliphatic rings. The smallest absolute Gasteiger partial charge is 0.326 e. The summed E-state index contributed by atoms with van der Waals surface area (Å²) in [5, 5.41) is 15.1. The molecule has 0 aliphatic carbocycles. The van der Waals surface area contributed by atoms with Gasteiger partial charge in [0.05, 0.1) is 7.11 Å². The number of amides is 2. The second-order valence-corrected chi connectivity index (χ2v) is 4.35. The molecule has 0 radical (unpaired) electrons. The van der Waals surface area contributed by atoms with Crippen LogP contribution in [0.1, 0.15) is 0 Å². The molecule has 1 aromatic carbocycles. The molecule has 3 N–H and O–H groups in total. The van der Waals surface area contributed by atoms with E-state index in [9.17, 15) is 9.90 Å². The van der Waals surface area contributed by atoms with Crippen LogP contribution >= 0.6 is 11.6 Å². The summed E-state index contributed by atoms with van der Waals surface area (Å²) in [7, 11) is 2.99. The Bertz CT molecular complexity index is 642. The van der Waals surface area contributed by atoms with Crippen molar-refractivity contribution in [3.63, 3.8) is 0 Å². The van der Waals surface area contributed by atoms with E-state index in [1.807, 2.05) is 0 Å². The van der Waals surface area contributed by atoms with Gasteiger partial charge in [0.15, 0.2) is 0 Å². The third-order valence-electron chi connectivity index (χ3n) is 2.53. The zero-order valence-electron chi connectivity index (χ0n) is 10.8. The number of imidazole rings is 1. The second-order valence-electron chi connectivity index (χ2n) is 3.92. The molecule has 0 unspecified atom stereocenters. The van der Waals surface area contributed by atoms with Gasteiger partial charge in [-0.1, -0.05) is 17.7 Å². The van der Waals surface area contributed by atoms with Crippen LogP contribution in [0.2, 0.25) is 5.02 Å². The van der Waals surface area contributed by atoms with E-state index in [4.69, 9.17) is 16.3 Å². The Morgan fingerprint density at radius 3 is 2.80 bits per heavy atom. The number of hydrogen-bond donors (Lipinski definition) is 3. The molecule has 2 aromatic rings. The van der Waals surface area contributed by atoms with Crippen molar-refractivity contribution in [2.45, 2.75) is 0 Å². The molecule has 7 nitrogen and oxygen atoms in total. The number of methoxy groups -OCH3 is 1. The third-order valence-corrected chi connectivity index (χ3v) is 2.76. The van der Waals surface area contributed by atoms with Gasteiger partial charge in [0.25, 0.3) is 11.8 Å². The van der Waals surface area contributed by atoms with Crippen molar-refractivity contribution in [2.75, 3.05) is 17.7 Å². The molecule has 2 amide bonds. The molecular formula is C12H13ClN4O3. The number of carbonyl (C=O) groups is 1. The average molecular weight is 297 g/mol. The zero-order chi connectivity index (χ0) is 14.7. The van der Waals surface area contributed by atoms with E-state index < -0.39 is 6.03 Å². The van der Waals surface area contributed by atoms with Crippen LogP contribution in [0.15, 0.2) is 24.3 Å². The number of benzene rings is 1. The summed E-state index contributed by atoms with van der Waals surface area (Å²) in [4.78, 5) is 15.6. The summed E-state index contributed by atoms with van der Waals surface area (Å²) in [6, 6.07) is 6.21. The highest BCUT2D eigenvalue weighted by Crippen LogP contribution is 2.27. The Hall–Kier alpha value is -2.41. The van der Waals surface area contributed by atoms with Gasteiger partial charge >= 0.3 is 6.03 Å². The molecule has 2 rings (SSSR count). The lowest BCUT2D eigenvalue weighted by Gasteiger charge is -2.08. The van der Waals surface area contributed by atoms with Crippen LogP contribution in [0, 0.1) is 0 Å². The van der Waals surface area contributed by atoms with Crippen molar-refractivity contribution in [2.24, 2.45) is 7.05 Å². The van der Waals surface area contributed by atoms with Crippen LogP contribution in [-0.2, 0) is 7.05 Å². The number of carbonyl (C=O) groups excluding carboxylic acids is 1. The van der Waals surface area contributed by atoms with Crippen molar-refractivity contribution < 1.29 is 14.6 Å². The summed E-state index contributed by atoms with van der Waals surface area (Å²) in [5.41, 5.74) is 0.542. The van der Waals surface area contributed by atoms with E-state index in [2.05, 4.69) is 15.6 Å². The number of rotatable bonds is 3. The standard InChI is InChI=1S/C12H13ClN4O3/c1-17-10(20-2)9(18)15-11(17)16-12(19)14-8-5-3-4-7(13)6-8/h3-6,18H,1-2H3,(H2,14,15,16,19). The van der Waals surface area contributed by atoms with E-state index in [1.165, 1.54) is 11.7 Å². The molecule has 20 heavy (non-hydrogen) atoms. The zero-order valence-corrected chi connectivity index (χ0v) is 11.6. The first-order valence-electron chi connectivity index (χ1n) is 5.64. The summed E-state index contributed by atoms with van der Waals surface area (Å²) < 4.78 is 6.34. The van der Waals surface area contributed by atoms with Crippen molar-refractivity contribution in [1.29, 1.82) is 0 Å². The van der Waals surface area contributed by atoms with Crippen molar-refractivity contribution >= 4 is 29.3 Å². The first-order valence-corrected chi connectivity index (χ1v) is 6.02. The molecule has 1 heterocycles. The van der Waals surface area contributed by atoms with Gasteiger partial charge in [-0.2, -0.15) is 4.98 Å². The quantitative estimate of drug-likeness (QED) is 0.811. The van der Waals surface area contributed by atoms with Gasteiger partial charge in [0.2, 0.25) is 5.95 Å². The Kier molecular flexibility index (Phi) is 3.99. The SMILES string of the molecule is COc1c(O)nc(NC(=O)Nc2cccc(Cl)c2)n1C. The molecule has 8 heteroatoms. The van der Waals surface area contributed by atoms with Crippen LogP contribution in [0.4, 0.5) is 16.4 Å². The maximum atomic E-state index is 11.8. The number of halogens is 1. The topological polar surface area (TPSA) is 88.4 Å². The Morgan fingerprint density at radius 2 is 2.20 bits per heavy atom. The van der Waals surface area contributed by atoms with Crippen molar-refractivity contribution in [3.05, 3.63) is 29.3 Å². The highest BCUT2D eigenvalue weighted by atomic mass is 35.5. The van der Waals surface area contributed by atoms with E-state index in [1.54, 1.807) is 31.3 Å². The lowest BCUT2D eigenvalue weighted by atomic mass is 10.3. The van der Waals surface area contributed by atoms with E-state index in [0.29, 0.717) is 10.7 Å².